The summed E-state index contributed by atoms with van der Waals surface area (Å²) in [6.07, 6.45) is 1.63. The highest BCUT2D eigenvalue weighted by molar-refractivity contribution is 5.48. The zero-order valence-corrected chi connectivity index (χ0v) is 9.30. The maximum absolute atomic E-state index is 12.5. The molecule has 0 bridgehead atoms. The fourth-order valence-corrected chi connectivity index (χ4v) is 1.34. The zero-order valence-electron chi connectivity index (χ0n) is 9.30. The fraction of sp³-hybridized carbons (Fsp3) is 0.545. The van der Waals surface area contributed by atoms with E-state index < -0.39 is 5.92 Å². The molecule has 1 aliphatic heterocycles. The minimum absolute atomic E-state index is 0.183. The Labute approximate surface area is 88.9 Å². The summed E-state index contributed by atoms with van der Waals surface area (Å²) in [5.74, 6) is -2.51. The number of nitrogens with zero attached hydrogens (tertiary/aromatic N) is 2. The van der Waals surface area contributed by atoms with Gasteiger partial charge in [-0.15, -0.1) is 0 Å². The second-order valence-electron chi connectivity index (χ2n) is 3.37. The molecule has 0 unspecified atom stereocenters. The molecule has 1 aromatic heterocycles. The molecule has 0 amide bonds. The first-order valence-electron chi connectivity index (χ1n) is 5.12. The largest absolute Gasteiger partial charge is 0.358 e. The van der Waals surface area contributed by atoms with Crippen LogP contribution < -0.4 is 4.90 Å². The molecule has 0 radical (unpaired) electrons. The Bertz CT molecular complexity index is 301. The van der Waals surface area contributed by atoms with Crippen molar-refractivity contribution >= 4 is 5.69 Å². The van der Waals surface area contributed by atoms with Crippen molar-refractivity contribution in [2.24, 2.45) is 0 Å². The van der Waals surface area contributed by atoms with Gasteiger partial charge in [0.15, 0.2) is 0 Å². The molecule has 0 aromatic carbocycles. The fourth-order valence-electron chi connectivity index (χ4n) is 1.34. The van der Waals surface area contributed by atoms with Crippen LogP contribution in [-0.2, 0) is 0 Å². The summed E-state index contributed by atoms with van der Waals surface area (Å²) in [6.45, 7) is 5.50. The first kappa shape index (κ1) is 11.9. The quantitative estimate of drug-likeness (QED) is 0.714. The van der Waals surface area contributed by atoms with E-state index in [2.05, 4.69) is 4.98 Å². The molecule has 2 heterocycles. The van der Waals surface area contributed by atoms with Gasteiger partial charge in [-0.25, -0.2) is 8.78 Å². The minimum atomic E-state index is -2.51. The molecule has 84 valence electrons. The van der Waals surface area contributed by atoms with Gasteiger partial charge in [0.1, 0.15) is 0 Å². The Kier molecular flexibility index (Phi) is 3.61. The van der Waals surface area contributed by atoms with Gasteiger partial charge in [0.2, 0.25) is 0 Å². The number of rotatable bonds is 1. The molecule has 0 saturated carbocycles. The van der Waals surface area contributed by atoms with Crippen molar-refractivity contribution in [3.63, 3.8) is 0 Å². The molecule has 0 atom stereocenters. The first-order valence-corrected chi connectivity index (χ1v) is 5.12. The lowest BCUT2D eigenvalue weighted by Crippen LogP contribution is -2.56. The number of hydrogen-bond donors (Lipinski definition) is 0. The lowest BCUT2D eigenvalue weighted by molar-refractivity contribution is -0.0262. The van der Waals surface area contributed by atoms with Crippen molar-refractivity contribution in [1.82, 2.24) is 4.98 Å². The highest BCUT2D eigenvalue weighted by Crippen LogP contribution is 2.30. The van der Waals surface area contributed by atoms with Crippen molar-refractivity contribution in [2.45, 2.75) is 26.7 Å². The van der Waals surface area contributed by atoms with Gasteiger partial charge in [-0.3, -0.25) is 4.98 Å². The van der Waals surface area contributed by atoms with E-state index in [1.165, 1.54) is 0 Å². The van der Waals surface area contributed by atoms with Crippen molar-refractivity contribution in [1.29, 1.82) is 0 Å². The molecule has 15 heavy (non-hydrogen) atoms. The van der Waals surface area contributed by atoms with Crippen LogP contribution in [0.25, 0.3) is 0 Å². The van der Waals surface area contributed by atoms with Gasteiger partial charge < -0.3 is 4.90 Å². The van der Waals surface area contributed by atoms with Crippen molar-refractivity contribution in [3.8, 4) is 0 Å². The Balaban J connectivity index is 0.000000531. The zero-order chi connectivity index (χ0) is 11.5. The van der Waals surface area contributed by atoms with Crippen LogP contribution in [-0.4, -0.2) is 24.0 Å². The van der Waals surface area contributed by atoms with E-state index in [-0.39, 0.29) is 13.1 Å². The third-order valence-corrected chi connectivity index (χ3v) is 2.11. The molecule has 0 aliphatic carbocycles. The van der Waals surface area contributed by atoms with Gasteiger partial charge in [-0.05, 0) is 19.1 Å². The summed E-state index contributed by atoms with van der Waals surface area (Å²) in [6, 6.07) is 3.64. The molecule has 1 aliphatic rings. The molecule has 2 nitrogen and oxygen atoms in total. The van der Waals surface area contributed by atoms with Gasteiger partial charge >= 0.3 is 0 Å². The third-order valence-electron chi connectivity index (χ3n) is 2.11. The van der Waals surface area contributed by atoms with E-state index in [0.717, 1.165) is 11.4 Å². The van der Waals surface area contributed by atoms with E-state index >= 15 is 0 Å². The van der Waals surface area contributed by atoms with Gasteiger partial charge in [-0.1, -0.05) is 13.8 Å². The monoisotopic (exact) mass is 214 g/mol. The van der Waals surface area contributed by atoms with E-state index in [1.54, 1.807) is 11.1 Å². The molecular formula is C11H16F2N2. The number of anilines is 1. The summed E-state index contributed by atoms with van der Waals surface area (Å²) in [5.41, 5.74) is 1.67. The molecule has 2 rings (SSSR count). The number of aryl methyl sites for hydroxylation is 1. The Morgan fingerprint density at radius 3 is 2.27 bits per heavy atom. The Hall–Kier alpha value is -1.19. The molecule has 1 fully saturated rings. The second kappa shape index (κ2) is 4.55. The predicted molar refractivity (Wildman–Crippen MR) is 57.5 cm³/mol. The van der Waals surface area contributed by atoms with E-state index in [1.807, 2.05) is 32.9 Å². The Morgan fingerprint density at radius 1 is 1.27 bits per heavy atom. The van der Waals surface area contributed by atoms with Crippen LogP contribution in [0.3, 0.4) is 0 Å². The van der Waals surface area contributed by atoms with Gasteiger partial charge in [0.05, 0.1) is 25.0 Å². The van der Waals surface area contributed by atoms with Crippen molar-refractivity contribution in [3.05, 3.63) is 24.0 Å². The lowest BCUT2D eigenvalue weighted by atomic mass is 10.1. The van der Waals surface area contributed by atoms with Crippen LogP contribution >= 0.6 is 0 Å². The lowest BCUT2D eigenvalue weighted by Gasteiger charge is -2.40. The minimum Gasteiger partial charge on any atom is -0.358 e. The number of aromatic nitrogens is 1. The normalized spacial score (nSPS) is 17.5. The maximum atomic E-state index is 12.5. The first-order chi connectivity index (χ1) is 7.07. The molecule has 0 N–H and O–H groups in total. The highest BCUT2D eigenvalue weighted by atomic mass is 19.3. The van der Waals surface area contributed by atoms with Gasteiger partial charge in [0, 0.05) is 5.69 Å². The summed E-state index contributed by atoms with van der Waals surface area (Å²) in [7, 11) is 0. The van der Waals surface area contributed by atoms with Crippen LogP contribution in [0.1, 0.15) is 19.5 Å². The smallest absolute Gasteiger partial charge is 0.282 e. The SMILES string of the molecule is CC.Cc1ccc(N2CC(F)(F)C2)cn1. The van der Waals surface area contributed by atoms with Crippen molar-refractivity contribution < 1.29 is 8.78 Å². The number of hydrogen-bond acceptors (Lipinski definition) is 2. The highest BCUT2D eigenvalue weighted by Gasteiger charge is 2.43. The molecule has 0 spiro atoms. The second-order valence-corrected chi connectivity index (χ2v) is 3.37. The summed E-state index contributed by atoms with van der Waals surface area (Å²) in [5, 5.41) is 0. The van der Waals surface area contributed by atoms with E-state index in [4.69, 9.17) is 0 Å². The van der Waals surface area contributed by atoms with Gasteiger partial charge in [0.25, 0.3) is 5.92 Å². The predicted octanol–water partition coefficient (Wildman–Crippen LogP) is 2.87. The van der Waals surface area contributed by atoms with E-state index in [9.17, 15) is 8.78 Å². The topological polar surface area (TPSA) is 16.1 Å². The summed E-state index contributed by atoms with van der Waals surface area (Å²) in [4.78, 5) is 5.66. The number of pyridine rings is 1. The summed E-state index contributed by atoms with van der Waals surface area (Å²) >= 11 is 0. The Morgan fingerprint density at radius 2 is 1.87 bits per heavy atom. The molecule has 4 heteroatoms. The van der Waals surface area contributed by atoms with Crippen LogP contribution in [0, 0.1) is 6.92 Å². The molecule has 1 saturated heterocycles. The maximum Gasteiger partial charge on any atom is 0.282 e. The molecular weight excluding hydrogens is 198 g/mol. The van der Waals surface area contributed by atoms with Crippen LogP contribution in [0.4, 0.5) is 14.5 Å². The summed E-state index contributed by atoms with van der Waals surface area (Å²) < 4.78 is 25.0. The van der Waals surface area contributed by atoms with Crippen molar-refractivity contribution in [2.75, 3.05) is 18.0 Å². The number of alkyl halides is 2. The van der Waals surface area contributed by atoms with Crippen LogP contribution in [0.5, 0.6) is 0 Å². The molecule has 1 aromatic rings. The number of halogens is 2. The van der Waals surface area contributed by atoms with Gasteiger partial charge in [-0.2, -0.15) is 0 Å². The third kappa shape index (κ3) is 2.88. The van der Waals surface area contributed by atoms with E-state index in [0.29, 0.717) is 0 Å². The average molecular weight is 214 g/mol. The standard InChI is InChI=1S/C9H10F2N2.C2H6/c1-7-2-3-8(4-12-7)13-5-9(10,11)6-13;1-2/h2-4H,5-6H2,1H3;1-2H3. The van der Waals surface area contributed by atoms with Crippen LogP contribution in [0.15, 0.2) is 18.3 Å². The van der Waals surface area contributed by atoms with Crippen LogP contribution in [0.2, 0.25) is 0 Å². The average Bonchev–Trinajstić information content (AvgIpc) is 2.18.